The number of halogens is 1. The van der Waals surface area contributed by atoms with E-state index in [2.05, 4.69) is 4.98 Å². The van der Waals surface area contributed by atoms with Crippen LogP contribution in [0.5, 0.6) is 0 Å². The molecule has 0 N–H and O–H groups in total. The summed E-state index contributed by atoms with van der Waals surface area (Å²) in [4.78, 5) is 18.6. The first kappa shape index (κ1) is 16.0. The van der Waals surface area contributed by atoms with Gasteiger partial charge in [-0.1, -0.05) is 23.7 Å². The van der Waals surface area contributed by atoms with E-state index in [1.807, 2.05) is 29.2 Å². The molecule has 23 heavy (non-hydrogen) atoms. The summed E-state index contributed by atoms with van der Waals surface area (Å²) in [6.45, 7) is 1.92. The Kier molecular flexibility index (Phi) is 5.26. The molecule has 1 aliphatic rings. The fourth-order valence-corrected chi connectivity index (χ4v) is 2.87. The molecule has 1 atom stereocenters. The van der Waals surface area contributed by atoms with Crippen LogP contribution in [0, 0.1) is 0 Å². The number of hydrogen-bond acceptors (Lipinski definition) is 3. The lowest BCUT2D eigenvalue weighted by molar-refractivity contribution is 0.0507. The maximum absolute atomic E-state index is 12.8. The minimum atomic E-state index is -0.00199. The highest BCUT2D eigenvalue weighted by Crippen LogP contribution is 2.18. The van der Waals surface area contributed by atoms with Gasteiger partial charge >= 0.3 is 0 Å². The lowest BCUT2D eigenvalue weighted by atomic mass is 10.1. The summed E-state index contributed by atoms with van der Waals surface area (Å²) < 4.78 is 5.70. The second kappa shape index (κ2) is 7.57. The summed E-state index contributed by atoms with van der Waals surface area (Å²) >= 11 is 5.94. The highest BCUT2D eigenvalue weighted by molar-refractivity contribution is 6.30. The Hall–Kier alpha value is -1.91. The molecule has 0 bridgehead atoms. The van der Waals surface area contributed by atoms with Gasteiger partial charge < -0.3 is 9.64 Å². The molecular weight excluding hydrogens is 312 g/mol. The molecule has 1 aliphatic heterocycles. The lowest BCUT2D eigenvalue weighted by Gasteiger charge is -2.25. The smallest absolute Gasteiger partial charge is 0.254 e. The van der Waals surface area contributed by atoms with Crippen molar-refractivity contribution >= 4 is 17.5 Å². The first-order valence-electron chi connectivity index (χ1n) is 7.78. The number of carbonyl (C=O) groups excluding carboxylic acids is 1. The zero-order valence-corrected chi connectivity index (χ0v) is 13.6. The molecule has 0 radical (unpaired) electrons. The number of hydrogen-bond donors (Lipinski definition) is 0. The maximum Gasteiger partial charge on any atom is 0.254 e. The van der Waals surface area contributed by atoms with Crippen LogP contribution in [-0.4, -0.2) is 35.0 Å². The first-order chi connectivity index (χ1) is 11.2. The van der Waals surface area contributed by atoms with Gasteiger partial charge in [0.05, 0.1) is 6.10 Å². The van der Waals surface area contributed by atoms with Crippen molar-refractivity contribution in [2.75, 3.05) is 13.2 Å². The first-order valence-corrected chi connectivity index (χ1v) is 8.15. The van der Waals surface area contributed by atoms with Gasteiger partial charge in [0.2, 0.25) is 0 Å². The van der Waals surface area contributed by atoms with Crippen LogP contribution < -0.4 is 0 Å². The van der Waals surface area contributed by atoms with Crippen molar-refractivity contribution in [3.8, 4) is 0 Å². The third-order valence-electron chi connectivity index (χ3n) is 3.95. The fourth-order valence-electron chi connectivity index (χ4n) is 2.74. The van der Waals surface area contributed by atoms with Gasteiger partial charge in [0.25, 0.3) is 5.91 Å². The Bertz CT molecular complexity index is 640. The number of amides is 1. The molecule has 1 aromatic heterocycles. The van der Waals surface area contributed by atoms with Crippen LogP contribution in [0.4, 0.5) is 0 Å². The SMILES string of the molecule is O=C(c1ccncc1)N(Cc1ccc(Cl)cc1)C[C@@H]1CCCO1. The van der Waals surface area contributed by atoms with Gasteiger partial charge in [0, 0.05) is 42.7 Å². The molecule has 1 saturated heterocycles. The Labute approximate surface area is 141 Å². The van der Waals surface area contributed by atoms with E-state index in [1.165, 1.54) is 0 Å². The summed E-state index contributed by atoms with van der Waals surface area (Å²) in [6.07, 6.45) is 5.46. The number of carbonyl (C=O) groups is 1. The van der Waals surface area contributed by atoms with Gasteiger partial charge in [0.1, 0.15) is 0 Å². The van der Waals surface area contributed by atoms with Crippen LogP contribution >= 0.6 is 11.6 Å². The largest absolute Gasteiger partial charge is 0.376 e. The predicted molar refractivity (Wildman–Crippen MR) is 89.4 cm³/mol. The summed E-state index contributed by atoms with van der Waals surface area (Å²) in [6, 6.07) is 11.1. The summed E-state index contributed by atoms with van der Waals surface area (Å²) in [5.74, 6) is -0.00199. The van der Waals surface area contributed by atoms with Crippen LogP contribution in [0.3, 0.4) is 0 Å². The molecule has 2 aromatic rings. The van der Waals surface area contributed by atoms with E-state index in [1.54, 1.807) is 24.5 Å². The van der Waals surface area contributed by atoms with Gasteiger partial charge in [-0.15, -0.1) is 0 Å². The van der Waals surface area contributed by atoms with Crippen LogP contribution in [0.1, 0.15) is 28.8 Å². The summed E-state index contributed by atoms with van der Waals surface area (Å²) in [5.41, 5.74) is 1.70. The normalized spacial score (nSPS) is 17.2. The highest BCUT2D eigenvalue weighted by Gasteiger charge is 2.23. The van der Waals surface area contributed by atoms with Crippen molar-refractivity contribution in [2.45, 2.75) is 25.5 Å². The molecule has 0 spiro atoms. The summed E-state index contributed by atoms with van der Waals surface area (Å²) in [5, 5.41) is 0.694. The molecule has 120 valence electrons. The van der Waals surface area contributed by atoms with E-state index in [0.717, 1.165) is 25.0 Å². The Morgan fingerprint density at radius 1 is 1.22 bits per heavy atom. The lowest BCUT2D eigenvalue weighted by Crippen LogP contribution is -2.37. The second-order valence-corrected chi connectivity index (χ2v) is 6.12. The molecular formula is C18H19ClN2O2. The predicted octanol–water partition coefficient (Wildman–Crippen LogP) is 3.56. The van der Waals surface area contributed by atoms with Crippen molar-refractivity contribution in [1.29, 1.82) is 0 Å². The van der Waals surface area contributed by atoms with Crippen LogP contribution in [0.2, 0.25) is 5.02 Å². The van der Waals surface area contributed by atoms with E-state index in [4.69, 9.17) is 16.3 Å². The van der Waals surface area contributed by atoms with Crippen molar-refractivity contribution in [1.82, 2.24) is 9.88 Å². The van der Waals surface area contributed by atoms with Crippen molar-refractivity contribution in [3.05, 3.63) is 64.9 Å². The van der Waals surface area contributed by atoms with Gasteiger partial charge in [-0.2, -0.15) is 0 Å². The minimum absolute atomic E-state index is 0.00199. The maximum atomic E-state index is 12.8. The van der Waals surface area contributed by atoms with Gasteiger partial charge in [-0.25, -0.2) is 0 Å². The van der Waals surface area contributed by atoms with Gasteiger partial charge in [-0.3, -0.25) is 9.78 Å². The Morgan fingerprint density at radius 2 is 1.96 bits per heavy atom. The third-order valence-corrected chi connectivity index (χ3v) is 4.20. The fraction of sp³-hybridized carbons (Fsp3) is 0.333. The molecule has 2 heterocycles. The average Bonchev–Trinajstić information content (AvgIpc) is 3.09. The quantitative estimate of drug-likeness (QED) is 0.842. The molecule has 5 heteroatoms. The van der Waals surface area contributed by atoms with E-state index in [0.29, 0.717) is 23.7 Å². The number of nitrogens with zero attached hydrogens (tertiary/aromatic N) is 2. The number of pyridine rings is 1. The van der Waals surface area contributed by atoms with E-state index in [-0.39, 0.29) is 12.0 Å². The average molecular weight is 331 g/mol. The second-order valence-electron chi connectivity index (χ2n) is 5.68. The van der Waals surface area contributed by atoms with E-state index in [9.17, 15) is 4.79 Å². The molecule has 4 nitrogen and oxygen atoms in total. The third kappa shape index (κ3) is 4.30. The molecule has 3 rings (SSSR count). The Morgan fingerprint density at radius 3 is 2.61 bits per heavy atom. The summed E-state index contributed by atoms with van der Waals surface area (Å²) in [7, 11) is 0. The number of ether oxygens (including phenoxy) is 1. The van der Waals surface area contributed by atoms with Crippen molar-refractivity contribution < 1.29 is 9.53 Å². The molecule has 0 aliphatic carbocycles. The standard InChI is InChI=1S/C18H19ClN2O2/c19-16-5-3-14(4-6-16)12-21(13-17-2-1-11-23-17)18(22)15-7-9-20-10-8-15/h3-10,17H,1-2,11-13H2/t17-/m0/s1. The van der Waals surface area contributed by atoms with Gasteiger partial charge in [-0.05, 0) is 42.7 Å². The number of benzene rings is 1. The van der Waals surface area contributed by atoms with Crippen LogP contribution in [0.15, 0.2) is 48.8 Å². The minimum Gasteiger partial charge on any atom is -0.376 e. The number of aromatic nitrogens is 1. The molecule has 1 fully saturated rings. The van der Waals surface area contributed by atoms with E-state index < -0.39 is 0 Å². The zero-order valence-electron chi connectivity index (χ0n) is 12.8. The monoisotopic (exact) mass is 330 g/mol. The van der Waals surface area contributed by atoms with Crippen molar-refractivity contribution in [3.63, 3.8) is 0 Å². The highest BCUT2D eigenvalue weighted by atomic mass is 35.5. The molecule has 0 unspecified atom stereocenters. The molecule has 0 saturated carbocycles. The van der Waals surface area contributed by atoms with Crippen LogP contribution in [0.25, 0.3) is 0 Å². The number of rotatable bonds is 5. The Balaban J connectivity index is 1.77. The zero-order chi connectivity index (χ0) is 16.1. The van der Waals surface area contributed by atoms with Gasteiger partial charge in [0.15, 0.2) is 0 Å². The molecule has 1 amide bonds. The topological polar surface area (TPSA) is 42.4 Å². The molecule has 1 aromatic carbocycles. The van der Waals surface area contributed by atoms with E-state index >= 15 is 0 Å². The van der Waals surface area contributed by atoms with Crippen LogP contribution in [-0.2, 0) is 11.3 Å². The van der Waals surface area contributed by atoms with Crippen molar-refractivity contribution in [2.24, 2.45) is 0 Å².